The van der Waals surface area contributed by atoms with Gasteiger partial charge in [0, 0.05) is 18.7 Å². The predicted octanol–water partition coefficient (Wildman–Crippen LogP) is 2.31. The van der Waals surface area contributed by atoms with Crippen molar-refractivity contribution in [3.63, 3.8) is 0 Å². The minimum absolute atomic E-state index is 0.0580. The zero-order valence-electron chi connectivity index (χ0n) is 14.3. The first kappa shape index (κ1) is 20.0. The van der Waals surface area contributed by atoms with Crippen LogP contribution < -0.4 is 0 Å². The van der Waals surface area contributed by atoms with Crippen LogP contribution in [0.3, 0.4) is 0 Å². The van der Waals surface area contributed by atoms with Crippen molar-refractivity contribution in [2.75, 3.05) is 40.3 Å². The lowest BCUT2D eigenvalue weighted by atomic mass is 10.1. The van der Waals surface area contributed by atoms with Crippen LogP contribution >= 0.6 is 0 Å². The minimum Gasteiger partial charge on any atom is -0.466 e. The van der Waals surface area contributed by atoms with Gasteiger partial charge in [-0.2, -0.15) is 0 Å². The second-order valence-corrected chi connectivity index (χ2v) is 5.63. The molecule has 1 amide bonds. The van der Waals surface area contributed by atoms with E-state index in [0.717, 1.165) is 18.7 Å². The quantitative estimate of drug-likeness (QED) is 0.646. The Balaban J connectivity index is 2.78. The summed E-state index contributed by atoms with van der Waals surface area (Å²) < 4.78 is 31.2. The van der Waals surface area contributed by atoms with Gasteiger partial charge in [-0.25, -0.2) is 8.78 Å². The summed E-state index contributed by atoms with van der Waals surface area (Å²) in [5.74, 6) is -2.90. The highest BCUT2D eigenvalue weighted by Crippen LogP contribution is 2.12. The van der Waals surface area contributed by atoms with Crippen LogP contribution in [-0.4, -0.2) is 62.0 Å². The predicted molar refractivity (Wildman–Crippen MR) is 86.7 cm³/mol. The topological polar surface area (TPSA) is 49.9 Å². The average Bonchev–Trinajstić information content (AvgIpc) is 2.52. The largest absolute Gasteiger partial charge is 0.466 e. The Kier molecular flexibility index (Phi) is 8.32. The highest BCUT2D eigenvalue weighted by molar-refractivity contribution is 5.94. The van der Waals surface area contributed by atoms with Crippen LogP contribution in [-0.2, 0) is 9.53 Å². The average molecular weight is 342 g/mol. The number of nitrogens with zero attached hydrogens (tertiary/aromatic N) is 2. The molecule has 134 valence electrons. The molecule has 0 saturated carbocycles. The van der Waals surface area contributed by atoms with Gasteiger partial charge in [0.25, 0.3) is 5.91 Å². The number of esters is 1. The molecular weight excluding hydrogens is 318 g/mol. The molecule has 7 heteroatoms. The number of carbonyl (C=O) groups excluding carboxylic acids is 2. The highest BCUT2D eigenvalue weighted by atomic mass is 19.2. The van der Waals surface area contributed by atoms with Crippen molar-refractivity contribution >= 4 is 11.9 Å². The lowest BCUT2D eigenvalue weighted by Gasteiger charge is -2.23. The Morgan fingerprint density at radius 3 is 2.38 bits per heavy atom. The Bertz CT molecular complexity index is 565. The lowest BCUT2D eigenvalue weighted by Crippen LogP contribution is -2.35. The van der Waals surface area contributed by atoms with E-state index in [1.54, 1.807) is 6.92 Å². The molecule has 1 aromatic carbocycles. The first-order chi connectivity index (χ1) is 11.3. The first-order valence-electron chi connectivity index (χ1n) is 7.89. The molecule has 0 aromatic heterocycles. The minimum atomic E-state index is -1.07. The number of hydrogen-bond donors (Lipinski definition) is 0. The number of amides is 1. The van der Waals surface area contributed by atoms with Crippen LogP contribution in [0.4, 0.5) is 8.78 Å². The Morgan fingerprint density at radius 1 is 1.08 bits per heavy atom. The Labute approximate surface area is 141 Å². The third kappa shape index (κ3) is 6.62. The summed E-state index contributed by atoms with van der Waals surface area (Å²) in [5, 5.41) is 0. The van der Waals surface area contributed by atoms with E-state index in [1.807, 2.05) is 19.0 Å². The molecule has 0 heterocycles. The van der Waals surface area contributed by atoms with Crippen LogP contribution in [0.2, 0.25) is 0 Å². The summed E-state index contributed by atoms with van der Waals surface area (Å²) in [6.45, 7) is 3.33. The van der Waals surface area contributed by atoms with E-state index < -0.39 is 23.5 Å². The van der Waals surface area contributed by atoms with Gasteiger partial charge in [-0.3, -0.25) is 9.59 Å². The Hall–Kier alpha value is -2.02. The monoisotopic (exact) mass is 342 g/mol. The van der Waals surface area contributed by atoms with Crippen molar-refractivity contribution in [3.05, 3.63) is 35.4 Å². The molecular formula is C17H24F2N2O3. The summed E-state index contributed by atoms with van der Waals surface area (Å²) >= 11 is 0. The lowest BCUT2D eigenvalue weighted by molar-refractivity contribution is -0.143. The molecule has 0 radical (unpaired) electrons. The summed E-state index contributed by atoms with van der Waals surface area (Å²) in [4.78, 5) is 27.5. The van der Waals surface area contributed by atoms with E-state index in [2.05, 4.69) is 0 Å². The fourth-order valence-electron chi connectivity index (χ4n) is 2.16. The first-order valence-corrected chi connectivity index (χ1v) is 7.89. The van der Waals surface area contributed by atoms with E-state index >= 15 is 0 Å². The van der Waals surface area contributed by atoms with Gasteiger partial charge in [-0.15, -0.1) is 0 Å². The standard InChI is InChI=1S/C17H24F2N2O3/c1-4-24-16(22)8-11-21(10-5-9-20(2)3)17(23)13-6-7-14(18)15(19)12-13/h6-7,12H,4-5,8-11H2,1-3H3. The van der Waals surface area contributed by atoms with Crippen molar-refractivity contribution in [3.8, 4) is 0 Å². The van der Waals surface area contributed by atoms with Gasteiger partial charge in [0.2, 0.25) is 0 Å². The third-order valence-electron chi connectivity index (χ3n) is 3.38. The van der Waals surface area contributed by atoms with Crippen molar-refractivity contribution in [2.24, 2.45) is 0 Å². The fourth-order valence-corrected chi connectivity index (χ4v) is 2.16. The third-order valence-corrected chi connectivity index (χ3v) is 3.38. The molecule has 0 saturated heterocycles. The number of hydrogen-bond acceptors (Lipinski definition) is 4. The molecule has 0 spiro atoms. The second kappa shape index (κ2) is 9.97. The number of rotatable bonds is 9. The maximum absolute atomic E-state index is 13.3. The van der Waals surface area contributed by atoms with Crippen LogP contribution in [0.1, 0.15) is 30.1 Å². The maximum atomic E-state index is 13.3. The summed E-state index contributed by atoms with van der Waals surface area (Å²) in [6.07, 6.45) is 0.760. The van der Waals surface area contributed by atoms with Gasteiger partial charge in [-0.05, 0) is 52.2 Å². The van der Waals surface area contributed by atoms with Gasteiger partial charge >= 0.3 is 5.97 Å². The normalized spacial score (nSPS) is 10.8. The summed E-state index contributed by atoms with van der Waals surface area (Å²) in [7, 11) is 3.83. The maximum Gasteiger partial charge on any atom is 0.307 e. The van der Waals surface area contributed by atoms with Crippen molar-refractivity contribution in [2.45, 2.75) is 19.8 Å². The van der Waals surface area contributed by atoms with E-state index in [9.17, 15) is 18.4 Å². The van der Waals surface area contributed by atoms with E-state index in [4.69, 9.17) is 4.74 Å². The van der Waals surface area contributed by atoms with E-state index in [0.29, 0.717) is 13.0 Å². The van der Waals surface area contributed by atoms with Crippen molar-refractivity contribution in [1.29, 1.82) is 0 Å². The van der Waals surface area contributed by atoms with Crippen molar-refractivity contribution in [1.82, 2.24) is 9.80 Å². The molecule has 24 heavy (non-hydrogen) atoms. The molecule has 0 bridgehead atoms. The van der Waals surface area contributed by atoms with Gasteiger partial charge in [0.05, 0.1) is 13.0 Å². The Morgan fingerprint density at radius 2 is 1.79 bits per heavy atom. The molecule has 0 aliphatic heterocycles. The van der Waals surface area contributed by atoms with Gasteiger partial charge < -0.3 is 14.5 Å². The number of carbonyl (C=O) groups is 2. The van der Waals surface area contributed by atoms with Gasteiger partial charge in [0.1, 0.15) is 0 Å². The van der Waals surface area contributed by atoms with Crippen molar-refractivity contribution < 1.29 is 23.1 Å². The second-order valence-electron chi connectivity index (χ2n) is 5.63. The molecule has 0 aliphatic rings. The number of halogens is 2. The van der Waals surface area contributed by atoms with Crippen LogP contribution in [0.15, 0.2) is 18.2 Å². The molecule has 1 aromatic rings. The molecule has 0 aliphatic carbocycles. The summed E-state index contributed by atoms with van der Waals surface area (Å²) in [5.41, 5.74) is 0.0580. The molecule has 0 unspecified atom stereocenters. The molecule has 0 atom stereocenters. The molecule has 0 fully saturated rings. The zero-order chi connectivity index (χ0) is 18.1. The molecule has 0 N–H and O–H groups in total. The van der Waals surface area contributed by atoms with Crippen LogP contribution in [0, 0.1) is 11.6 Å². The van der Waals surface area contributed by atoms with E-state index in [1.165, 1.54) is 11.0 Å². The zero-order valence-corrected chi connectivity index (χ0v) is 14.3. The summed E-state index contributed by atoms with van der Waals surface area (Å²) in [6, 6.07) is 3.04. The SMILES string of the molecule is CCOC(=O)CCN(CCCN(C)C)C(=O)c1ccc(F)c(F)c1. The van der Waals surface area contributed by atoms with Crippen LogP contribution in [0.25, 0.3) is 0 Å². The van der Waals surface area contributed by atoms with E-state index in [-0.39, 0.29) is 25.1 Å². The molecule has 5 nitrogen and oxygen atoms in total. The van der Waals surface area contributed by atoms with Gasteiger partial charge in [-0.1, -0.05) is 0 Å². The smallest absolute Gasteiger partial charge is 0.307 e. The number of ether oxygens (including phenoxy) is 1. The molecule has 1 rings (SSSR count). The van der Waals surface area contributed by atoms with Gasteiger partial charge in [0.15, 0.2) is 11.6 Å². The van der Waals surface area contributed by atoms with Crippen LogP contribution in [0.5, 0.6) is 0 Å². The number of benzene rings is 1. The fraction of sp³-hybridized carbons (Fsp3) is 0.529. The highest BCUT2D eigenvalue weighted by Gasteiger charge is 2.18.